The van der Waals surface area contributed by atoms with Crippen LogP contribution in [0.3, 0.4) is 0 Å². The number of nitriles is 1. The highest BCUT2D eigenvalue weighted by atomic mass is 16.2. The van der Waals surface area contributed by atoms with E-state index < -0.39 is 5.54 Å². The summed E-state index contributed by atoms with van der Waals surface area (Å²) >= 11 is 0. The molecule has 6 nitrogen and oxygen atoms in total. The maximum atomic E-state index is 11.5. The number of amides is 2. The molecular formula is C11H20N4O2. The van der Waals surface area contributed by atoms with E-state index in [4.69, 9.17) is 5.26 Å². The Labute approximate surface area is 102 Å². The zero-order valence-electron chi connectivity index (χ0n) is 10.8. The van der Waals surface area contributed by atoms with Gasteiger partial charge in [-0.25, -0.2) is 0 Å². The van der Waals surface area contributed by atoms with Crippen LogP contribution in [0.2, 0.25) is 0 Å². The van der Waals surface area contributed by atoms with Gasteiger partial charge in [0, 0.05) is 7.05 Å². The van der Waals surface area contributed by atoms with E-state index in [1.165, 1.54) is 7.05 Å². The molecule has 0 saturated heterocycles. The van der Waals surface area contributed by atoms with Gasteiger partial charge in [-0.15, -0.1) is 0 Å². The van der Waals surface area contributed by atoms with Crippen LogP contribution in [0, 0.1) is 17.2 Å². The molecule has 1 atom stereocenters. The van der Waals surface area contributed by atoms with E-state index in [1.54, 1.807) is 6.92 Å². The largest absolute Gasteiger partial charge is 0.358 e. The van der Waals surface area contributed by atoms with Crippen LogP contribution in [0.15, 0.2) is 0 Å². The van der Waals surface area contributed by atoms with E-state index in [2.05, 4.69) is 22.0 Å². The lowest BCUT2D eigenvalue weighted by Crippen LogP contribution is -2.51. The van der Waals surface area contributed by atoms with Crippen molar-refractivity contribution in [3.05, 3.63) is 0 Å². The molecule has 3 N–H and O–H groups in total. The van der Waals surface area contributed by atoms with Gasteiger partial charge in [0.25, 0.3) is 0 Å². The minimum Gasteiger partial charge on any atom is -0.358 e. The molecule has 17 heavy (non-hydrogen) atoms. The van der Waals surface area contributed by atoms with E-state index in [0.717, 1.165) is 0 Å². The average molecular weight is 240 g/mol. The highest BCUT2D eigenvalue weighted by molar-refractivity contribution is 5.81. The molecule has 0 bridgehead atoms. The lowest BCUT2D eigenvalue weighted by atomic mass is 9.90. The Bertz CT molecular complexity index is 322. The molecule has 0 heterocycles. The summed E-state index contributed by atoms with van der Waals surface area (Å²) in [6.45, 7) is 5.49. The van der Waals surface area contributed by atoms with Crippen molar-refractivity contribution in [1.82, 2.24) is 16.0 Å². The topological polar surface area (TPSA) is 94.0 Å². The Morgan fingerprint density at radius 1 is 1.29 bits per heavy atom. The first-order valence-electron chi connectivity index (χ1n) is 5.49. The molecule has 0 aliphatic carbocycles. The molecule has 0 aromatic carbocycles. The summed E-state index contributed by atoms with van der Waals surface area (Å²) < 4.78 is 0. The van der Waals surface area contributed by atoms with Gasteiger partial charge in [0.2, 0.25) is 11.8 Å². The van der Waals surface area contributed by atoms with Crippen LogP contribution in [0.25, 0.3) is 0 Å². The molecule has 0 aliphatic rings. The molecule has 96 valence electrons. The van der Waals surface area contributed by atoms with Crippen molar-refractivity contribution >= 4 is 11.8 Å². The van der Waals surface area contributed by atoms with E-state index >= 15 is 0 Å². The van der Waals surface area contributed by atoms with Crippen molar-refractivity contribution in [3.8, 4) is 6.07 Å². The standard InChI is InChI=1S/C11H20N4O2/c1-8(2)11(3,7-12)15-10(17)6-14-5-9(16)13-4/h8,14H,5-6H2,1-4H3,(H,13,16)(H,15,17)/t11-/m1/s1. The molecule has 6 heteroatoms. The Hall–Kier alpha value is -1.61. The Kier molecular flexibility index (Phi) is 6.21. The summed E-state index contributed by atoms with van der Waals surface area (Å²) in [5.41, 5.74) is -0.883. The van der Waals surface area contributed by atoms with Crippen molar-refractivity contribution in [2.45, 2.75) is 26.3 Å². The number of hydrogen-bond acceptors (Lipinski definition) is 4. The van der Waals surface area contributed by atoms with Crippen molar-refractivity contribution in [2.75, 3.05) is 20.1 Å². The molecule has 0 radical (unpaired) electrons. The van der Waals surface area contributed by atoms with Gasteiger partial charge in [-0.2, -0.15) is 5.26 Å². The predicted molar refractivity (Wildman–Crippen MR) is 63.9 cm³/mol. The van der Waals surface area contributed by atoms with Crippen LogP contribution in [0.4, 0.5) is 0 Å². The maximum absolute atomic E-state index is 11.5. The third-order valence-electron chi connectivity index (χ3n) is 2.64. The SMILES string of the molecule is CNC(=O)CNCC(=O)N[C@](C)(C#N)C(C)C. The predicted octanol–water partition coefficient (Wildman–Crippen LogP) is -0.624. The summed E-state index contributed by atoms with van der Waals surface area (Å²) in [6, 6.07) is 2.08. The average Bonchev–Trinajstić information content (AvgIpc) is 2.28. The van der Waals surface area contributed by atoms with Crippen LogP contribution in [0.1, 0.15) is 20.8 Å². The van der Waals surface area contributed by atoms with Crippen LogP contribution in [-0.4, -0.2) is 37.5 Å². The van der Waals surface area contributed by atoms with Crippen LogP contribution < -0.4 is 16.0 Å². The van der Waals surface area contributed by atoms with E-state index in [-0.39, 0.29) is 30.8 Å². The second-order valence-electron chi connectivity index (χ2n) is 4.29. The van der Waals surface area contributed by atoms with Crippen LogP contribution in [0.5, 0.6) is 0 Å². The molecule has 0 saturated carbocycles. The van der Waals surface area contributed by atoms with Crippen molar-refractivity contribution < 1.29 is 9.59 Å². The third-order valence-corrected chi connectivity index (χ3v) is 2.64. The van der Waals surface area contributed by atoms with Crippen molar-refractivity contribution in [1.29, 1.82) is 5.26 Å². The summed E-state index contributed by atoms with van der Waals surface area (Å²) in [5.74, 6) is -0.480. The quantitative estimate of drug-likeness (QED) is 0.576. The van der Waals surface area contributed by atoms with E-state index in [9.17, 15) is 9.59 Å². The summed E-state index contributed by atoms with van der Waals surface area (Å²) in [4.78, 5) is 22.4. The zero-order valence-corrected chi connectivity index (χ0v) is 10.8. The van der Waals surface area contributed by atoms with Crippen molar-refractivity contribution in [2.24, 2.45) is 5.92 Å². The monoisotopic (exact) mass is 240 g/mol. The number of carbonyl (C=O) groups excluding carboxylic acids is 2. The zero-order chi connectivity index (χ0) is 13.5. The Morgan fingerprint density at radius 2 is 1.82 bits per heavy atom. The first-order chi connectivity index (χ1) is 7.85. The molecule has 0 unspecified atom stereocenters. The van der Waals surface area contributed by atoms with Gasteiger partial charge >= 0.3 is 0 Å². The van der Waals surface area contributed by atoms with Gasteiger partial charge in [-0.3, -0.25) is 14.9 Å². The van der Waals surface area contributed by atoms with Gasteiger partial charge < -0.3 is 10.6 Å². The first kappa shape index (κ1) is 15.4. The number of likely N-dealkylation sites (N-methyl/N-ethyl adjacent to an activating group) is 1. The fourth-order valence-corrected chi connectivity index (χ4v) is 1.01. The number of nitrogens with one attached hydrogen (secondary N) is 3. The van der Waals surface area contributed by atoms with Gasteiger partial charge in [0.1, 0.15) is 5.54 Å². The Morgan fingerprint density at radius 3 is 2.24 bits per heavy atom. The molecule has 0 aliphatic heterocycles. The van der Waals surface area contributed by atoms with Crippen molar-refractivity contribution in [3.63, 3.8) is 0 Å². The lowest BCUT2D eigenvalue weighted by molar-refractivity contribution is -0.122. The van der Waals surface area contributed by atoms with Crippen LogP contribution in [-0.2, 0) is 9.59 Å². The molecular weight excluding hydrogens is 220 g/mol. The summed E-state index contributed by atoms with van der Waals surface area (Å²) in [5, 5.41) is 16.8. The minimum absolute atomic E-state index is 0.00962. The normalized spacial score (nSPS) is 13.6. The minimum atomic E-state index is -0.883. The molecule has 0 rings (SSSR count). The van der Waals surface area contributed by atoms with E-state index in [0.29, 0.717) is 0 Å². The van der Waals surface area contributed by atoms with Gasteiger partial charge in [0.15, 0.2) is 0 Å². The number of hydrogen-bond donors (Lipinski definition) is 3. The smallest absolute Gasteiger partial charge is 0.235 e. The van der Waals surface area contributed by atoms with Gasteiger partial charge in [-0.05, 0) is 12.8 Å². The van der Waals surface area contributed by atoms with Crippen LogP contribution >= 0.6 is 0 Å². The molecule has 0 spiro atoms. The summed E-state index contributed by atoms with van der Waals surface area (Å²) in [7, 11) is 1.52. The number of rotatable bonds is 6. The Balaban J connectivity index is 4.10. The maximum Gasteiger partial charge on any atom is 0.235 e. The fraction of sp³-hybridized carbons (Fsp3) is 0.727. The fourth-order valence-electron chi connectivity index (χ4n) is 1.01. The van der Waals surface area contributed by atoms with E-state index in [1.807, 2.05) is 13.8 Å². The third kappa shape index (κ3) is 5.31. The number of carbonyl (C=O) groups is 2. The molecule has 2 amide bonds. The molecule has 0 fully saturated rings. The lowest BCUT2D eigenvalue weighted by Gasteiger charge is -2.27. The summed E-state index contributed by atoms with van der Waals surface area (Å²) in [6.07, 6.45) is 0. The second kappa shape index (κ2) is 6.86. The number of nitrogens with zero attached hydrogens (tertiary/aromatic N) is 1. The molecule has 0 aromatic heterocycles. The van der Waals surface area contributed by atoms with Gasteiger partial charge in [0.05, 0.1) is 19.2 Å². The highest BCUT2D eigenvalue weighted by Gasteiger charge is 2.29. The molecule has 0 aromatic rings. The first-order valence-corrected chi connectivity index (χ1v) is 5.49. The highest BCUT2D eigenvalue weighted by Crippen LogP contribution is 2.14. The van der Waals surface area contributed by atoms with Gasteiger partial charge in [-0.1, -0.05) is 13.8 Å². The second-order valence-corrected chi connectivity index (χ2v) is 4.29.